The monoisotopic (exact) mass is 263 g/mol. The second-order valence-corrected chi connectivity index (χ2v) is 5.04. The van der Waals surface area contributed by atoms with E-state index in [4.69, 9.17) is 0 Å². The van der Waals surface area contributed by atoms with Crippen molar-refractivity contribution in [3.05, 3.63) is 23.4 Å². The predicted molar refractivity (Wildman–Crippen MR) is 79.6 cm³/mol. The third-order valence-electron chi connectivity index (χ3n) is 2.62. The molecule has 1 rings (SSSR count). The van der Waals surface area contributed by atoms with Gasteiger partial charge in [0.25, 0.3) is 5.91 Å². The first kappa shape index (κ1) is 15.5. The quantitative estimate of drug-likeness (QED) is 0.795. The first-order valence-corrected chi connectivity index (χ1v) is 7.12. The summed E-state index contributed by atoms with van der Waals surface area (Å²) in [6.07, 6.45) is 2.95. The highest BCUT2D eigenvalue weighted by atomic mass is 16.1. The van der Waals surface area contributed by atoms with Crippen LogP contribution in [0.25, 0.3) is 0 Å². The van der Waals surface area contributed by atoms with Crippen LogP contribution < -0.4 is 10.6 Å². The van der Waals surface area contributed by atoms with Gasteiger partial charge in [-0.2, -0.15) is 0 Å². The first-order chi connectivity index (χ1) is 9.06. The van der Waals surface area contributed by atoms with Gasteiger partial charge >= 0.3 is 0 Å². The Balaban J connectivity index is 2.94. The van der Waals surface area contributed by atoms with Gasteiger partial charge in [0.1, 0.15) is 5.82 Å². The largest absolute Gasteiger partial charge is 0.370 e. The van der Waals surface area contributed by atoms with Crippen LogP contribution in [0.15, 0.2) is 12.1 Å². The van der Waals surface area contributed by atoms with Gasteiger partial charge in [-0.1, -0.05) is 20.3 Å². The third kappa shape index (κ3) is 5.28. The maximum Gasteiger partial charge on any atom is 0.251 e. The molecule has 106 valence electrons. The molecule has 0 aliphatic heterocycles. The molecular weight excluding hydrogens is 238 g/mol. The molecule has 4 heteroatoms. The predicted octanol–water partition coefficient (Wildman–Crippen LogP) is 2.99. The van der Waals surface area contributed by atoms with E-state index in [0.717, 1.165) is 37.3 Å². The van der Waals surface area contributed by atoms with Crippen LogP contribution in [0.2, 0.25) is 0 Å². The number of nitrogens with zero attached hydrogens (tertiary/aromatic N) is 1. The van der Waals surface area contributed by atoms with Gasteiger partial charge in [0, 0.05) is 23.8 Å². The molecule has 1 aromatic heterocycles. The van der Waals surface area contributed by atoms with E-state index in [2.05, 4.69) is 29.5 Å². The molecule has 0 fully saturated rings. The number of nitrogens with one attached hydrogen (secondary N) is 2. The van der Waals surface area contributed by atoms with Gasteiger partial charge in [0.15, 0.2) is 0 Å². The van der Waals surface area contributed by atoms with E-state index in [1.54, 1.807) is 0 Å². The zero-order valence-electron chi connectivity index (χ0n) is 12.4. The van der Waals surface area contributed by atoms with Crippen molar-refractivity contribution >= 4 is 11.7 Å². The Bertz CT molecular complexity index is 416. The molecule has 1 heterocycles. The van der Waals surface area contributed by atoms with Crippen molar-refractivity contribution in [1.29, 1.82) is 0 Å². The number of carbonyl (C=O) groups excluding carboxylic acids is 1. The van der Waals surface area contributed by atoms with Gasteiger partial charge in [0.2, 0.25) is 0 Å². The van der Waals surface area contributed by atoms with Crippen LogP contribution in [0.4, 0.5) is 5.82 Å². The highest BCUT2D eigenvalue weighted by molar-refractivity contribution is 5.95. The minimum atomic E-state index is -0.0331. The van der Waals surface area contributed by atoms with Crippen molar-refractivity contribution in [2.24, 2.45) is 0 Å². The van der Waals surface area contributed by atoms with Crippen LogP contribution in [-0.2, 0) is 6.42 Å². The SMILES string of the molecule is CCCNc1cc(C(=O)NC(C)C)cc(CCC)n1. The molecule has 0 aromatic carbocycles. The van der Waals surface area contributed by atoms with Crippen molar-refractivity contribution < 1.29 is 4.79 Å². The number of pyridine rings is 1. The average Bonchev–Trinajstić information content (AvgIpc) is 2.35. The summed E-state index contributed by atoms with van der Waals surface area (Å²) in [5, 5.41) is 6.17. The lowest BCUT2D eigenvalue weighted by atomic mass is 10.1. The summed E-state index contributed by atoms with van der Waals surface area (Å²) < 4.78 is 0. The van der Waals surface area contributed by atoms with Crippen LogP contribution >= 0.6 is 0 Å². The van der Waals surface area contributed by atoms with Crippen molar-refractivity contribution in [3.63, 3.8) is 0 Å². The molecule has 0 aliphatic carbocycles. The molecule has 0 saturated carbocycles. The first-order valence-electron chi connectivity index (χ1n) is 7.12. The number of aryl methyl sites for hydroxylation is 1. The Hall–Kier alpha value is -1.58. The van der Waals surface area contributed by atoms with Crippen LogP contribution in [0.3, 0.4) is 0 Å². The van der Waals surface area contributed by atoms with Crippen LogP contribution in [0.1, 0.15) is 56.6 Å². The standard InChI is InChI=1S/C15H25N3O/c1-5-7-13-9-12(15(19)17-11(3)4)10-14(18-13)16-8-6-2/h9-11H,5-8H2,1-4H3,(H,16,18)(H,17,19). The minimum Gasteiger partial charge on any atom is -0.370 e. The lowest BCUT2D eigenvalue weighted by Gasteiger charge is -2.12. The van der Waals surface area contributed by atoms with E-state index in [-0.39, 0.29) is 11.9 Å². The number of rotatable bonds is 7. The van der Waals surface area contributed by atoms with Crippen molar-refractivity contribution in [2.75, 3.05) is 11.9 Å². The fourth-order valence-corrected chi connectivity index (χ4v) is 1.79. The van der Waals surface area contributed by atoms with Crippen molar-refractivity contribution in [3.8, 4) is 0 Å². The Kier molecular flexibility index (Phi) is 6.33. The molecule has 1 aromatic rings. The number of hydrogen-bond acceptors (Lipinski definition) is 3. The van der Waals surface area contributed by atoms with Gasteiger partial charge in [0.05, 0.1) is 0 Å². The molecule has 4 nitrogen and oxygen atoms in total. The Morgan fingerprint density at radius 2 is 2.00 bits per heavy atom. The number of aromatic nitrogens is 1. The molecule has 2 N–H and O–H groups in total. The summed E-state index contributed by atoms with van der Waals surface area (Å²) in [5.74, 6) is 0.760. The lowest BCUT2D eigenvalue weighted by molar-refractivity contribution is 0.0943. The molecule has 0 spiro atoms. The van der Waals surface area contributed by atoms with E-state index in [1.165, 1.54) is 0 Å². The van der Waals surface area contributed by atoms with E-state index < -0.39 is 0 Å². The van der Waals surface area contributed by atoms with E-state index in [1.807, 2.05) is 26.0 Å². The second-order valence-electron chi connectivity index (χ2n) is 5.04. The molecule has 0 saturated heterocycles. The normalized spacial score (nSPS) is 10.6. The van der Waals surface area contributed by atoms with Gasteiger partial charge < -0.3 is 10.6 Å². The number of amides is 1. The van der Waals surface area contributed by atoms with Crippen LogP contribution in [0, 0.1) is 0 Å². The van der Waals surface area contributed by atoms with Crippen molar-refractivity contribution in [1.82, 2.24) is 10.3 Å². The number of hydrogen-bond donors (Lipinski definition) is 2. The topological polar surface area (TPSA) is 54.0 Å². The van der Waals surface area contributed by atoms with Crippen LogP contribution in [-0.4, -0.2) is 23.5 Å². The fourth-order valence-electron chi connectivity index (χ4n) is 1.79. The van der Waals surface area contributed by atoms with E-state index in [0.29, 0.717) is 5.56 Å². The summed E-state index contributed by atoms with van der Waals surface area (Å²) in [6, 6.07) is 3.85. The van der Waals surface area contributed by atoms with Gasteiger partial charge in [-0.05, 0) is 38.8 Å². The lowest BCUT2D eigenvalue weighted by Crippen LogP contribution is -2.30. The highest BCUT2D eigenvalue weighted by Gasteiger charge is 2.10. The van der Waals surface area contributed by atoms with E-state index in [9.17, 15) is 4.79 Å². The van der Waals surface area contributed by atoms with E-state index >= 15 is 0 Å². The molecule has 0 aliphatic rings. The van der Waals surface area contributed by atoms with Gasteiger partial charge in [-0.25, -0.2) is 4.98 Å². The molecule has 19 heavy (non-hydrogen) atoms. The summed E-state index contributed by atoms with van der Waals surface area (Å²) in [6.45, 7) is 9.01. The third-order valence-corrected chi connectivity index (χ3v) is 2.62. The zero-order chi connectivity index (χ0) is 14.3. The molecular formula is C15H25N3O. The summed E-state index contributed by atoms with van der Waals surface area (Å²) in [5.41, 5.74) is 1.66. The van der Waals surface area contributed by atoms with Crippen LogP contribution in [0.5, 0.6) is 0 Å². The Labute approximate surface area is 116 Å². The minimum absolute atomic E-state index is 0.0331. The maximum atomic E-state index is 12.1. The molecule has 0 radical (unpaired) electrons. The van der Waals surface area contributed by atoms with Crippen molar-refractivity contribution in [2.45, 2.75) is 53.0 Å². The second kappa shape index (κ2) is 7.77. The fraction of sp³-hybridized carbons (Fsp3) is 0.600. The summed E-state index contributed by atoms with van der Waals surface area (Å²) in [7, 11) is 0. The number of anilines is 1. The zero-order valence-corrected chi connectivity index (χ0v) is 12.4. The smallest absolute Gasteiger partial charge is 0.251 e. The number of carbonyl (C=O) groups is 1. The van der Waals surface area contributed by atoms with Gasteiger partial charge in [-0.3, -0.25) is 4.79 Å². The maximum absolute atomic E-state index is 12.1. The highest BCUT2D eigenvalue weighted by Crippen LogP contribution is 2.12. The summed E-state index contributed by atoms with van der Waals surface area (Å²) >= 11 is 0. The van der Waals surface area contributed by atoms with Gasteiger partial charge in [-0.15, -0.1) is 0 Å². The molecule has 1 amide bonds. The molecule has 0 atom stereocenters. The molecule has 0 bridgehead atoms. The average molecular weight is 263 g/mol. The summed E-state index contributed by atoms with van der Waals surface area (Å²) in [4.78, 5) is 16.6. The Morgan fingerprint density at radius 1 is 1.26 bits per heavy atom. The Morgan fingerprint density at radius 3 is 2.58 bits per heavy atom. The molecule has 0 unspecified atom stereocenters.